The highest BCUT2D eigenvalue weighted by Crippen LogP contribution is 2.29. The third-order valence-corrected chi connectivity index (χ3v) is 6.14. The van der Waals surface area contributed by atoms with E-state index in [-0.39, 0.29) is 23.3 Å². The van der Waals surface area contributed by atoms with Gasteiger partial charge in [-0.3, -0.25) is 14.4 Å². The number of hydrogen-bond acceptors (Lipinski definition) is 6. The van der Waals surface area contributed by atoms with Crippen LogP contribution in [0.2, 0.25) is 0 Å². The molecule has 2 N–H and O–H groups in total. The molecule has 0 radical (unpaired) electrons. The van der Waals surface area contributed by atoms with Crippen LogP contribution in [0, 0.1) is 26.7 Å². The van der Waals surface area contributed by atoms with Crippen molar-refractivity contribution in [2.75, 3.05) is 10.6 Å². The van der Waals surface area contributed by atoms with E-state index in [4.69, 9.17) is 0 Å². The number of carbonyl (C=O) groups is 2. The predicted molar refractivity (Wildman–Crippen MR) is 127 cm³/mol. The number of hydrogen-bond donors (Lipinski definition) is 2. The van der Waals surface area contributed by atoms with E-state index in [2.05, 4.69) is 20.7 Å². The number of benzene rings is 1. The van der Waals surface area contributed by atoms with Gasteiger partial charge < -0.3 is 10.6 Å². The lowest BCUT2D eigenvalue weighted by Crippen LogP contribution is -2.23. The molecule has 1 aromatic carbocycles. The molecular formula is C23H27N5O3S. The summed E-state index contributed by atoms with van der Waals surface area (Å²) in [7, 11) is 1.60. The zero-order valence-electron chi connectivity index (χ0n) is 19.1. The van der Waals surface area contributed by atoms with Gasteiger partial charge in [0.25, 0.3) is 11.5 Å². The van der Waals surface area contributed by atoms with Crippen LogP contribution >= 0.6 is 11.3 Å². The number of amides is 2. The highest BCUT2D eigenvalue weighted by atomic mass is 32.1. The van der Waals surface area contributed by atoms with Crippen molar-refractivity contribution < 1.29 is 9.59 Å². The van der Waals surface area contributed by atoms with Crippen LogP contribution in [-0.4, -0.2) is 26.6 Å². The third kappa shape index (κ3) is 5.11. The van der Waals surface area contributed by atoms with E-state index >= 15 is 0 Å². The Bertz CT molecular complexity index is 1230. The Hall–Kier alpha value is -3.33. The molecule has 3 aromatic rings. The lowest BCUT2D eigenvalue weighted by Gasteiger charge is -2.09. The molecule has 0 saturated carbocycles. The number of thiazole rings is 1. The van der Waals surface area contributed by atoms with Crippen LogP contribution in [0.25, 0.3) is 10.6 Å². The van der Waals surface area contributed by atoms with Gasteiger partial charge in [-0.15, -0.1) is 11.3 Å². The molecule has 0 bridgehead atoms. The fraction of sp³-hybridized carbons (Fsp3) is 0.348. The minimum atomic E-state index is -0.303. The number of aryl methyl sites for hydroxylation is 3. The van der Waals surface area contributed by atoms with Gasteiger partial charge in [0.15, 0.2) is 0 Å². The molecule has 0 atom stereocenters. The molecule has 0 unspecified atom stereocenters. The summed E-state index contributed by atoms with van der Waals surface area (Å²) < 4.78 is 1.29. The third-order valence-electron chi connectivity index (χ3n) is 4.96. The van der Waals surface area contributed by atoms with Crippen molar-refractivity contribution in [3.63, 3.8) is 0 Å². The first-order valence-corrected chi connectivity index (χ1v) is 11.1. The van der Waals surface area contributed by atoms with Crippen LogP contribution in [0.3, 0.4) is 0 Å². The zero-order valence-corrected chi connectivity index (χ0v) is 19.9. The summed E-state index contributed by atoms with van der Waals surface area (Å²) >= 11 is 1.18. The van der Waals surface area contributed by atoms with Crippen LogP contribution < -0.4 is 16.2 Å². The second kappa shape index (κ2) is 9.44. The Balaban J connectivity index is 1.78. The summed E-state index contributed by atoms with van der Waals surface area (Å²) in [4.78, 5) is 42.3. The van der Waals surface area contributed by atoms with Gasteiger partial charge in [0.1, 0.15) is 9.88 Å². The van der Waals surface area contributed by atoms with Gasteiger partial charge in [-0.2, -0.15) is 5.10 Å². The Labute approximate surface area is 190 Å². The Morgan fingerprint density at radius 1 is 1.03 bits per heavy atom. The minimum absolute atomic E-state index is 0.0441. The Morgan fingerprint density at radius 2 is 1.62 bits per heavy atom. The first-order chi connectivity index (χ1) is 15.1. The Kier molecular flexibility index (Phi) is 6.88. The molecule has 168 valence electrons. The summed E-state index contributed by atoms with van der Waals surface area (Å²) in [6, 6.07) is 6.94. The smallest absolute Gasteiger partial charge is 0.277 e. The summed E-state index contributed by atoms with van der Waals surface area (Å²) in [6.07, 6.45) is 0.449. The maximum absolute atomic E-state index is 12.9. The number of nitrogens with one attached hydrogen (secondary N) is 2. The molecule has 0 aliphatic rings. The van der Waals surface area contributed by atoms with Crippen molar-refractivity contribution in [2.24, 2.45) is 13.0 Å². The average Bonchev–Trinajstić information content (AvgIpc) is 3.09. The largest absolute Gasteiger partial charge is 0.326 e. The summed E-state index contributed by atoms with van der Waals surface area (Å²) in [5, 5.41) is 10.4. The standard InChI is InChI=1S/C23H27N5O3S/c1-12(2)11-18(29)25-16-7-9-17(10-8-16)26-21(30)20-15(5)24-22(32-20)19-13(3)14(4)27-28(6)23(19)31/h7-10,12H,11H2,1-6H3,(H,25,29)(H,26,30). The number of carbonyl (C=O) groups excluding carboxylic acids is 2. The highest BCUT2D eigenvalue weighted by Gasteiger charge is 2.21. The molecule has 2 heterocycles. The molecule has 0 fully saturated rings. The maximum Gasteiger partial charge on any atom is 0.277 e. The monoisotopic (exact) mass is 453 g/mol. The fourth-order valence-corrected chi connectivity index (χ4v) is 4.28. The zero-order chi connectivity index (χ0) is 23.6. The normalized spacial score (nSPS) is 11.0. The highest BCUT2D eigenvalue weighted by molar-refractivity contribution is 7.17. The first kappa shape index (κ1) is 23.3. The second-order valence-corrected chi connectivity index (χ2v) is 9.12. The number of rotatable bonds is 6. The van der Waals surface area contributed by atoms with Crippen molar-refractivity contribution in [3.8, 4) is 10.6 Å². The van der Waals surface area contributed by atoms with E-state index in [1.807, 2.05) is 27.7 Å². The van der Waals surface area contributed by atoms with E-state index in [1.165, 1.54) is 16.0 Å². The van der Waals surface area contributed by atoms with E-state index < -0.39 is 0 Å². The molecule has 8 nitrogen and oxygen atoms in total. The lowest BCUT2D eigenvalue weighted by molar-refractivity contribution is -0.116. The topological polar surface area (TPSA) is 106 Å². The van der Waals surface area contributed by atoms with E-state index in [0.717, 1.165) is 11.3 Å². The van der Waals surface area contributed by atoms with Gasteiger partial charge in [-0.05, 0) is 56.5 Å². The van der Waals surface area contributed by atoms with Gasteiger partial charge in [0, 0.05) is 24.8 Å². The predicted octanol–water partition coefficient (Wildman–Crippen LogP) is 4.07. The van der Waals surface area contributed by atoms with Crippen molar-refractivity contribution in [2.45, 2.75) is 41.0 Å². The quantitative estimate of drug-likeness (QED) is 0.585. The Morgan fingerprint density at radius 3 is 2.22 bits per heavy atom. The minimum Gasteiger partial charge on any atom is -0.326 e. The second-order valence-electron chi connectivity index (χ2n) is 8.13. The van der Waals surface area contributed by atoms with Crippen LogP contribution in [-0.2, 0) is 11.8 Å². The van der Waals surface area contributed by atoms with Gasteiger partial charge in [0.2, 0.25) is 5.91 Å². The molecule has 0 aliphatic carbocycles. The van der Waals surface area contributed by atoms with Crippen molar-refractivity contribution >= 4 is 34.5 Å². The van der Waals surface area contributed by atoms with Crippen LogP contribution in [0.5, 0.6) is 0 Å². The molecule has 0 spiro atoms. The fourth-order valence-electron chi connectivity index (χ4n) is 3.22. The SMILES string of the molecule is Cc1nc(-c2c(C)c(C)nn(C)c2=O)sc1C(=O)Nc1ccc(NC(=O)CC(C)C)cc1. The summed E-state index contributed by atoms with van der Waals surface area (Å²) in [6.45, 7) is 9.38. The molecule has 0 aliphatic heterocycles. The molecule has 32 heavy (non-hydrogen) atoms. The van der Waals surface area contributed by atoms with Gasteiger partial charge in [-0.25, -0.2) is 9.67 Å². The maximum atomic E-state index is 12.9. The molecule has 2 aromatic heterocycles. The average molecular weight is 454 g/mol. The van der Waals surface area contributed by atoms with Gasteiger partial charge in [-0.1, -0.05) is 13.8 Å². The summed E-state index contributed by atoms with van der Waals surface area (Å²) in [5.41, 5.74) is 3.53. The number of anilines is 2. The molecule has 9 heteroatoms. The van der Waals surface area contributed by atoms with Crippen molar-refractivity contribution in [1.29, 1.82) is 0 Å². The van der Waals surface area contributed by atoms with Crippen molar-refractivity contribution in [1.82, 2.24) is 14.8 Å². The number of aromatic nitrogens is 3. The van der Waals surface area contributed by atoms with Gasteiger partial charge in [0.05, 0.1) is 17.0 Å². The van der Waals surface area contributed by atoms with Crippen LogP contribution in [0.1, 0.15) is 46.9 Å². The lowest BCUT2D eigenvalue weighted by atomic mass is 10.1. The van der Waals surface area contributed by atoms with E-state index in [0.29, 0.717) is 38.9 Å². The van der Waals surface area contributed by atoms with Crippen LogP contribution in [0.15, 0.2) is 29.1 Å². The first-order valence-electron chi connectivity index (χ1n) is 10.3. The van der Waals surface area contributed by atoms with E-state index in [1.54, 1.807) is 38.2 Å². The molecule has 0 saturated heterocycles. The molecule has 3 rings (SSSR count). The summed E-state index contributed by atoms with van der Waals surface area (Å²) in [5.74, 6) is -0.0679. The van der Waals surface area contributed by atoms with E-state index in [9.17, 15) is 14.4 Å². The number of nitrogens with zero attached hydrogens (tertiary/aromatic N) is 3. The molecule has 2 amide bonds. The van der Waals surface area contributed by atoms with Gasteiger partial charge >= 0.3 is 0 Å². The molecular weight excluding hydrogens is 426 g/mol. The van der Waals surface area contributed by atoms with Crippen molar-refractivity contribution in [3.05, 3.63) is 56.4 Å². The van der Waals surface area contributed by atoms with Crippen LogP contribution in [0.4, 0.5) is 11.4 Å².